The fourth-order valence-corrected chi connectivity index (χ4v) is 2.80. The van der Waals surface area contributed by atoms with Crippen LogP contribution < -0.4 is 11.1 Å². The van der Waals surface area contributed by atoms with Gasteiger partial charge in [-0.05, 0) is 44.5 Å². The molecule has 1 heterocycles. The molecule has 0 aliphatic carbocycles. The van der Waals surface area contributed by atoms with E-state index in [1.54, 1.807) is 0 Å². The number of halogens is 2. The van der Waals surface area contributed by atoms with Crippen molar-refractivity contribution in [2.45, 2.75) is 31.7 Å². The van der Waals surface area contributed by atoms with Crippen molar-refractivity contribution in [3.63, 3.8) is 0 Å². The van der Waals surface area contributed by atoms with E-state index in [9.17, 15) is 13.6 Å². The van der Waals surface area contributed by atoms with Gasteiger partial charge in [0.15, 0.2) is 0 Å². The first-order valence-electron chi connectivity index (χ1n) is 7.28. The minimum atomic E-state index is -0.704. The van der Waals surface area contributed by atoms with Gasteiger partial charge in [-0.1, -0.05) is 6.42 Å². The second kappa shape index (κ2) is 7.47. The second-order valence-electron chi connectivity index (χ2n) is 5.40. The highest BCUT2D eigenvalue weighted by atomic mass is 19.1. The minimum absolute atomic E-state index is 0.143. The van der Waals surface area contributed by atoms with E-state index in [1.165, 1.54) is 0 Å². The third kappa shape index (κ3) is 4.75. The van der Waals surface area contributed by atoms with Gasteiger partial charge in [-0.2, -0.15) is 0 Å². The molecule has 1 aliphatic rings. The predicted molar refractivity (Wildman–Crippen MR) is 77.9 cm³/mol. The number of anilines is 1. The molecule has 6 heteroatoms. The topological polar surface area (TPSA) is 58.4 Å². The van der Waals surface area contributed by atoms with Gasteiger partial charge in [-0.25, -0.2) is 8.78 Å². The average Bonchev–Trinajstić information content (AvgIpc) is 2.40. The maximum atomic E-state index is 13.1. The molecule has 0 spiro atoms. The number of amides is 1. The molecular weight excluding hydrogens is 276 g/mol. The highest BCUT2D eigenvalue weighted by molar-refractivity contribution is 5.92. The SMILES string of the molecule is NCCC1CCCCN1CC(=O)Nc1cc(F)cc(F)c1. The largest absolute Gasteiger partial charge is 0.330 e. The molecular formula is C15H21F2N3O. The molecule has 1 aliphatic heterocycles. The zero-order valence-electron chi connectivity index (χ0n) is 11.9. The first-order chi connectivity index (χ1) is 10.1. The summed E-state index contributed by atoms with van der Waals surface area (Å²) in [5.41, 5.74) is 5.74. The van der Waals surface area contributed by atoms with Crippen molar-refractivity contribution in [2.75, 3.05) is 25.0 Å². The van der Waals surface area contributed by atoms with E-state index in [-0.39, 0.29) is 18.1 Å². The van der Waals surface area contributed by atoms with Crippen LogP contribution in [0.15, 0.2) is 18.2 Å². The number of piperidine rings is 1. The molecule has 1 aromatic rings. The van der Waals surface area contributed by atoms with E-state index in [0.717, 1.165) is 50.4 Å². The smallest absolute Gasteiger partial charge is 0.238 e. The summed E-state index contributed by atoms with van der Waals surface area (Å²) in [5.74, 6) is -1.67. The lowest BCUT2D eigenvalue weighted by atomic mass is 9.99. The fraction of sp³-hybridized carbons (Fsp3) is 0.533. The molecule has 1 fully saturated rings. The monoisotopic (exact) mass is 297 g/mol. The van der Waals surface area contributed by atoms with Crippen LogP contribution in [0.3, 0.4) is 0 Å². The number of nitrogens with zero attached hydrogens (tertiary/aromatic N) is 1. The van der Waals surface area contributed by atoms with Crippen molar-refractivity contribution in [1.29, 1.82) is 0 Å². The molecule has 1 amide bonds. The standard InChI is InChI=1S/C15H21F2N3O/c16-11-7-12(17)9-13(8-11)19-15(21)10-20-6-2-1-3-14(20)4-5-18/h7-9,14H,1-6,10,18H2,(H,19,21). The first-order valence-corrected chi connectivity index (χ1v) is 7.28. The van der Waals surface area contributed by atoms with Gasteiger partial charge in [0.2, 0.25) is 5.91 Å². The van der Waals surface area contributed by atoms with E-state index >= 15 is 0 Å². The third-order valence-electron chi connectivity index (χ3n) is 3.74. The first kappa shape index (κ1) is 15.9. The zero-order valence-corrected chi connectivity index (χ0v) is 11.9. The summed E-state index contributed by atoms with van der Waals surface area (Å²) in [7, 11) is 0. The summed E-state index contributed by atoms with van der Waals surface area (Å²) in [4.78, 5) is 14.1. The number of likely N-dealkylation sites (tertiary alicyclic amines) is 1. The summed E-state index contributed by atoms with van der Waals surface area (Å²) >= 11 is 0. The fourth-order valence-electron chi connectivity index (χ4n) is 2.80. The van der Waals surface area contributed by atoms with Crippen LogP contribution in [-0.2, 0) is 4.79 Å². The highest BCUT2D eigenvalue weighted by Crippen LogP contribution is 2.19. The summed E-state index contributed by atoms with van der Waals surface area (Å²) in [6, 6.07) is 3.31. The Bertz CT molecular complexity index is 474. The lowest BCUT2D eigenvalue weighted by Gasteiger charge is -2.35. The van der Waals surface area contributed by atoms with Gasteiger partial charge in [0.25, 0.3) is 0 Å². The van der Waals surface area contributed by atoms with Crippen molar-refractivity contribution in [2.24, 2.45) is 5.73 Å². The maximum absolute atomic E-state index is 13.1. The Balaban J connectivity index is 1.93. The number of carbonyl (C=O) groups excluding carboxylic acids is 1. The molecule has 1 unspecified atom stereocenters. The Labute approximate surface area is 123 Å². The van der Waals surface area contributed by atoms with Crippen LogP contribution in [0.1, 0.15) is 25.7 Å². The molecule has 1 aromatic carbocycles. The maximum Gasteiger partial charge on any atom is 0.238 e. The van der Waals surface area contributed by atoms with Gasteiger partial charge in [-0.15, -0.1) is 0 Å². The Morgan fingerprint density at radius 1 is 1.29 bits per heavy atom. The van der Waals surface area contributed by atoms with Crippen molar-refractivity contribution in [3.05, 3.63) is 29.8 Å². The molecule has 3 N–H and O–H groups in total. The quantitative estimate of drug-likeness (QED) is 0.875. The Morgan fingerprint density at radius 2 is 2.00 bits per heavy atom. The van der Waals surface area contributed by atoms with Gasteiger partial charge in [0, 0.05) is 17.8 Å². The van der Waals surface area contributed by atoms with Gasteiger partial charge in [0.05, 0.1) is 6.54 Å². The number of hydrogen-bond donors (Lipinski definition) is 2. The number of nitrogens with one attached hydrogen (secondary N) is 1. The van der Waals surface area contributed by atoms with E-state index in [1.807, 2.05) is 0 Å². The van der Waals surface area contributed by atoms with Crippen LogP contribution in [0.4, 0.5) is 14.5 Å². The summed E-state index contributed by atoms with van der Waals surface area (Å²) in [5, 5.41) is 2.54. The molecule has 0 aromatic heterocycles. The molecule has 21 heavy (non-hydrogen) atoms. The summed E-state index contributed by atoms with van der Waals surface area (Å²) in [6.45, 7) is 1.68. The summed E-state index contributed by atoms with van der Waals surface area (Å²) < 4.78 is 26.2. The highest BCUT2D eigenvalue weighted by Gasteiger charge is 2.23. The number of benzene rings is 1. The van der Waals surface area contributed by atoms with Crippen LogP contribution in [-0.4, -0.2) is 36.5 Å². The van der Waals surface area contributed by atoms with Crippen LogP contribution in [0, 0.1) is 11.6 Å². The van der Waals surface area contributed by atoms with Crippen LogP contribution in [0.5, 0.6) is 0 Å². The van der Waals surface area contributed by atoms with Crippen LogP contribution in [0.25, 0.3) is 0 Å². The van der Waals surface area contributed by atoms with Crippen molar-refractivity contribution >= 4 is 11.6 Å². The molecule has 116 valence electrons. The molecule has 0 bridgehead atoms. The molecule has 0 saturated carbocycles. The molecule has 2 rings (SSSR count). The van der Waals surface area contributed by atoms with Gasteiger partial charge >= 0.3 is 0 Å². The van der Waals surface area contributed by atoms with E-state index in [2.05, 4.69) is 10.2 Å². The van der Waals surface area contributed by atoms with Gasteiger partial charge < -0.3 is 11.1 Å². The lowest BCUT2D eigenvalue weighted by Crippen LogP contribution is -2.44. The number of hydrogen-bond acceptors (Lipinski definition) is 3. The molecule has 1 atom stereocenters. The van der Waals surface area contributed by atoms with Crippen LogP contribution in [0.2, 0.25) is 0 Å². The Morgan fingerprint density at radius 3 is 2.67 bits per heavy atom. The van der Waals surface area contributed by atoms with Crippen LogP contribution >= 0.6 is 0 Å². The molecule has 0 radical (unpaired) electrons. The molecule has 4 nitrogen and oxygen atoms in total. The number of rotatable bonds is 5. The Kier molecular flexibility index (Phi) is 5.64. The summed E-state index contributed by atoms with van der Waals surface area (Å²) in [6.07, 6.45) is 4.11. The van der Waals surface area contributed by atoms with E-state index in [4.69, 9.17) is 5.73 Å². The Hall–Kier alpha value is -1.53. The number of nitrogens with two attached hydrogens (primary N) is 1. The minimum Gasteiger partial charge on any atom is -0.330 e. The lowest BCUT2D eigenvalue weighted by molar-refractivity contribution is -0.118. The van der Waals surface area contributed by atoms with Crippen molar-refractivity contribution in [1.82, 2.24) is 4.90 Å². The normalized spacial score (nSPS) is 19.5. The average molecular weight is 297 g/mol. The van der Waals surface area contributed by atoms with E-state index in [0.29, 0.717) is 12.6 Å². The van der Waals surface area contributed by atoms with Crippen molar-refractivity contribution in [3.8, 4) is 0 Å². The van der Waals surface area contributed by atoms with Gasteiger partial charge in [-0.3, -0.25) is 9.69 Å². The van der Waals surface area contributed by atoms with E-state index < -0.39 is 11.6 Å². The van der Waals surface area contributed by atoms with Crippen molar-refractivity contribution < 1.29 is 13.6 Å². The zero-order chi connectivity index (χ0) is 15.2. The number of carbonyl (C=O) groups is 1. The third-order valence-corrected chi connectivity index (χ3v) is 3.74. The van der Waals surface area contributed by atoms with Gasteiger partial charge in [0.1, 0.15) is 11.6 Å². The predicted octanol–water partition coefficient (Wildman–Crippen LogP) is 2.11. The molecule has 1 saturated heterocycles. The second-order valence-corrected chi connectivity index (χ2v) is 5.40.